The topological polar surface area (TPSA) is 27.0 Å². The zero-order chi connectivity index (χ0) is 13.7. The molecule has 0 radical (unpaired) electrons. The summed E-state index contributed by atoms with van der Waals surface area (Å²) in [5.41, 5.74) is 0.175. The molecule has 0 heterocycles. The number of nitrogens with zero attached hydrogens (tertiary/aromatic N) is 2. The highest BCUT2D eigenvalue weighted by molar-refractivity contribution is 4.91. The molecule has 0 aromatic heterocycles. The molecule has 0 aliphatic carbocycles. The second kappa shape index (κ2) is 6.40. The minimum Gasteiger partial charge on any atom is -0.303 e. The van der Waals surface area contributed by atoms with Gasteiger partial charge in [0.25, 0.3) is 0 Å². The normalized spacial score (nSPS) is 14.8. The molecule has 0 amide bonds. The van der Waals surface area contributed by atoms with Gasteiger partial charge in [-0.15, -0.1) is 0 Å². The van der Waals surface area contributed by atoms with E-state index in [0.29, 0.717) is 11.5 Å². The van der Waals surface area contributed by atoms with Crippen molar-refractivity contribution in [1.82, 2.24) is 4.90 Å². The molecule has 0 fully saturated rings. The van der Waals surface area contributed by atoms with E-state index in [0.717, 1.165) is 19.4 Å². The summed E-state index contributed by atoms with van der Waals surface area (Å²) in [4.78, 5) is 2.43. The van der Waals surface area contributed by atoms with E-state index >= 15 is 0 Å². The first-order valence-corrected chi connectivity index (χ1v) is 6.71. The third kappa shape index (κ3) is 6.68. The maximum atomic E-state index is 8.94. The molecule has 1 atom stereocenters. The molecule has 100 valence electrons. The highest BCUT2D eigenvalue weighted by Crippen LogP contribution is 2.24. The summed E-state index contributed by atoms with van der Waals surface area (Å²) < 4.78 is 0. The molecular weight excluding hydrogens is 208 g/mol. The second-order valence-electron chi connectivity index (χ2n) is 6.98. The quantitative estimate of drug-likeness (QED) is 0.652. The van der Waals surface area contributed by atoms with Gasteiger partial charge in [-0.2, -0.15) is 5.26 Å². The summed E-state index contributed by atoms with van der Waals surface area (Å²) in [6.07, 6.45) is 3.32. The van der Waals surface area contributed by atoms with E-state index in [1.54, 1.807) is 0 Å². The van der Waals surface area contributed by atoms with Gasteiger partial charge >= 0.3 is 0 Å². The monoisotopic (exact) mass is 238 g/mol. The standard InChI is InChI=1S/C15H30N2/c1-13(14(2,3)4)17(7)11-9-8-10-15(5,6)12-16/h13H,8-11H2,1-7H3. The van der Waals surface area contributed by atoms with E-state index in [-0.39, 0.29) is 5.41 Å². The zero-order valence-electron chi connectivity index (χ0n) is 12.8. The van der Waals surface area contributed by atoms with Crippen LogP contribution < -0.4 is 0 Å². The van der Waals surface area contributed by atoms with Crippen molar-refractivity contribution in [3.63, 3.8) is 0 Å². The Bertz CT molecular complexity index is 255. The predicted octanol–water partition coefficient (Wildman–Crippen LogP) is 4.07. The van der Waals surface area contributed by atoms with Crippen molar-refractivity contribution in [3.8, 4) is 6.07 Å². The molecule has 1 unspecified atom stereocenters. The molecule has 0 bridgehead atoms. The largest absolute Gasteiger partial charge is 0.303 e. The average Bonchev–Trinajstić information content (AvgIpc) is 2.21. The van der Waals surface area contributed by atoms with Crippen molar-refractivity contribution in [2.45, 2.75) is 66.8 Å². The van der Waals surface area contributed by atoms with Gasteiger partial charge in [0.2, 0.25) is 0 Å². The van der Waals surface area contributed by atoms with E-state index in [9.17, 15) is 0 Å². The van der Waals surface area contributed by atoms with Gasteiger partial charge in [0.15, 0.2) is 0 Å². The molecule has 2 heteroatoms. The zero-order valence-corrected chi connectivity index (χ0v) is 12.8. The van der Waals surface area contributed by atoms with E-state index in [2.05, 4.69) is 45.7 Å². The number of rotatable bonds is 6. The van der Waals surface area contributed by atoms with E-state index in [4.69, 9.17) is 5.26 Å². The summed E-state index contributed by atoms with van der Waals surface area (Å²) in [5, 5.41) is 8.94. The third-order valence-electron chi connectivity index (χ3n) is 3.78. The fraction of sp³-hybridized carbons (Fsp3) is 0.933. The van der Waals surface area contributed by atoms with Crippen molar-refractivity contribution >= 4 is 0 Å². The van der Waals surface area contributed by atoms with Gasteiger partial charge in [0, 0.05) is 6.04 Å². The maximum absolute atomic E-state index is 8.94. The molecule has 0 rings (SSSR count). The number of hydrogen-bond donors (Lipinski definition) is 0. The number of unbranched alkanes of at least 4 members (excludes halogenated alkanes) is 1. The van der Waals surface area contributed by atoms with Crippen molar-refractivity contribution in [2.75, 3.05) is 13.6 Å². The lowest BCUT2D eigenvalue weighted by Crippen LogP contribution is -2.39. The van der Waals surface area contributed by atoms with Crippen molar-refractivity contribution in [3.05, 3.63) is 0 Å². The Morgan fingerprint density at radius 3 is 2.06 bits per heavy atom. The van der Waals surface area contributed by atoms with Crippen LogP contribution in [0.25, 0.3) is 0 Å². The SMILES string of the molecule is CC(N(C)CCCCC(C)(C)C#N)C(C)(C)C. The molecule has 0 N–H and O–H groups in total. The summed E-state index contributed by atoms with van der Waals surface area (Å²) in [6.45, 7) is 14.3. The van der Waals surface area contributed by atoms with Crippen molar-refractivity contribution < 1.29 is 0 Å². The van der Waals surface area contributed by atoms with Gasteiger partial charge in [-0.05, 0) is 52.6 Å². The Morgan fingerprint density at radius 2 is 1.65 bits per heavy atom. The molecule has 0 aromatic carbocycles. The average molecular weight is 238 g/mol. The van der Waals surface area contributed by atoms with Gasteiger partial charge < -0.3 is 4.90 Å². The Labute approximate surface area is 108 Å². The minimum absolute atomic E-state index is 0.159. The van der Waals surface area contributed by atoms with Gasteiger partial charge in [-0.3, -0.25) is 0 Å². The Morgan fingerprint density at radius 1 is 1.12 bits per heavy atom. The van der Waals surface area contributed by atoms with Crippen LogP contribution in [0.5, 0.6) is 0 Å². The highest BCUT2D eigenvalue weighted by atomic mass is 15.1. The van der Waals surface area contributed by atoms with E-state index in [1.165, 1.54) is 6.42 Å². The van der Waals surface area contributed by atoms with Crippen LogP contribution in [-0.4, -0.2) is 24.5 Å². The van der Waals surface area contributed by atoms with Gasteiger partial charge in [-0.25, -0.2) is 0 Å². The van der Waals surface area contributed by atoms with Crippen LogP contribution >= 0.6 is 0 Å². The van der Waals surface area contributed by atoms with E-state index < -0.39 is 0 Å². The Balaban J connectivity index is 3.88. The van der Waals surface area contributed by atoms with Crippen molar-refractivity contribution in [2.24, 2.45) is 10.8 Å². The van der Waals surface area contributed by atoms with Crippen LogP contribution in [0, 0.1) is 22.2 Å². The third-order valence-corrected chi connectivity index (χ3v) is 3.78. The fourth-order valence-electron chi connectivity index (χ4n) is 1.84. The van der Waals surface area contributed by atoms with Crippen LogP contribution in [0.4, 0.5) is 0 Å². The van der Waals surface area contributed by atoms with Crippen LogP contribution in [0.1, 0.15) is 60.8 Å². The molecule has 0 aliphatic rings. The summed E-state index contributed by atoms with van der Waals surface area (Å²) in [6, 6.07) is 2.95. The molecule has 2 nitrogen and oxygen atoms in total. The molecule has 17 heavy (non-hydrogen) atoms. The van der Waals surface area contributed by atoms with Crippen molar-refractivity contribution in [1.29, 1.82) is 5.26 Å². The first kappa shape index (κ1) is 16.4. The van der Waals surface area contributed by atoms with Gasteiger partial charge in [0.1, 0.15) is 0 Å². The van der Waals surface area contributed by atoms with Crippen LogP contribution in [0.2, 0.25) is 0 Å². The molecule has 0 saturated carbocycles. The molecule has 0 spiro atoms. The van der Waals surface area contributed by atoms with E-state index in [1.807, 2.05) is 13.8 Å². The lowest BCUT2D eigenvalue weighted by Gasteiger charge is -2.35. The first-order valence-electron chi connectivity index (χ1n) is 6.71. The molecule has 0 aliphatic heterocycles. The number of nitriles is 1. The highest BCUT2D eigenvalue weighted by Gasteiger charge is 2.23. The molecule has 0 aromatic rings. The minimum atomic E-state index is -0.159. The number of hydrogen-bond acceptors (Lipinski definition) is 2. The summed E-state index contributed by atoms with van der Waals surface area (Å²) >= 11 is 0. The first-order chi connectivity index (χ1) is 7.60. The fourth-order valence-corrected chi connectivity index (χ4v) is 1.84. The van der Waals surface area contributed by atoms with Gasteiger partial charge in [0.05, 0.1) is 11.5 Å². The van der Waals surface area contributed by atoms with Crippen LogP contribution in [-0.2, 0) is 0 Å². The van der Waals surface area contributed by atoms with Gasteiger partial charge in [-0.1, -0.05) is 27.2 Å². The second-order valence-corrected chi connectivity index (χ2v) is 6.98. The lowest BCUT2D eigenvalue weighted by atomic mass is 9.86. The molecule has 0 saturated heterocycles. The predicted molar refractivity (Wildman–Crippen MR) is 74.8 cm³/mol. The lowest BCUT2D eigenvalue weighted by molar-refractivity contribution is 0.138. The maximum Gasteiger partial charge on any atom is 0.0683 e. The summed E-state index contributed by atoms with van der Waals surface area (Å²) in [7, 11) is 2.20. The van der Waals surface area contributed by atoms with Crippen LogP contribution in [0.15, 0.2) is 0 Å². The Kier molecular flexibility index (Phi) is 6.19. The Hall–Kier alpha value is -0.550. The summed E-state index contributed by atoms with van der Waals surface area (Å²) in [5.74, 6) is 0. The van der Waals surface area contributed by atoms with Crippen LogP contribution in [0.3, 0.4) is 0 Å². The smallest absolute Gasteiger partial charge is 0.0683 e. The molecular formula is C15H30N2.